The minimum atomic E-state index is -0.150. The molecule has 0 radical (unpaired) electrons. The average Bonchev–Trinajstić information content (AvgIpc) is 2.86. The monoisotopic (exact) mass is 434 g/mol. The van der Waals surface area contributed by atoms with Crippen molar-refractivity contribution in [2.45, 2.75) is 52.4 Å². The second kappa shape index (κ2) is 11.0. The van der Waals surface area contributed by atoms with E-state index in [-0.39, 0.29) is 5.82 Å². The van der Waals surface area contributed by atoms with Gasteiger partial charge in [0.05, 0.1) is 0 Å². The molecule has 0 saturated carbocycles. The standard InChI is InChI=1S/C32H31F/c1-3-4-5-6-7-8-25-12-18-28(19-13-25)29-20-14-26(15-21-29)10-11-27-16-22-31-30(23-27)17-9-24(2)32(31)33/h9,12-23H,3-8H2,1-2H3. The van der Waals surface area contributed by atoms with Gasteiger partial charge >= 0.3 is 0 Å². The van der Waals surface area contributed by atoms with Crippen LogP contribution >= 0.6 is 0 Å². The van der Waals surface area contributed by atoms with E-state index in [1.807, 2.05) is 30.3 Å². The van der Waals surface area contributed by atoms with Gasteiger partial charge in [0.25, 0.3) is 0 Å². The van der Waals surface area contributed by atoms with Crippen molar-refractivity contribution in [1.29, 1.82) is 0 Å². The maximum atomic E-state index is 14.2. The fraction of sp³-hybridized carbons (Fsp3) is 0.250. The highest BCUT2D eigenvalue weighted by atomic mass is 19.1. The van der Waals surface area contributed by atoms with E-state index < -0.39 is 0 Å². The molecule has 33 heavy (non-hydrogen) atoms. The second-order valence-corrected chi connectivity index (χ2v) is 8.82. The van der Waals surface area contributed by atoms with Gasteiger partial charge in [-0.1, -0.05) is 99.0 Å². The van der Waals surface area contributed by atoms with Crippen molar-refractivity contribution in [2.75, 3.05) is 0 Å². The fourth-order valence-corrected chi connectivity index (χ4v) is 4.17. The largest absolute Gasteiger partial charge is 0.206 e. The van der Waals surface area contributed by atoms with Crippen LogP contribution in [-0.2, 0) is 6.42 Å². The number of hydrogen-bond acceptors (Lipinski definition) is 0. The van der Waals surface area contributed by atoms with Gasteiger partial charge in [-0.15, -0.1) is 0 Å². The van der Waals surface area contributed by atoms with Crippen LogP contribution in [0.3, 0.4) is 0 Å². The molecule has 0 aliphatic rings. The van der Waals surface area contributed by atoms with E-state index in [4.69, 9.17) is 0 Å². The molecule has 0 atom stereocenters. The molecule has 0 bridgehead atoms. The van der Waals surface area contributed by atoms with E-state index in [9.17, 15) is 4.39 Å². The third kappa shape index (κ3) is 5.91. The first-order chi connectivity index (χ1) is 16.1. The van der Waals surface area contributed by atoms with E-state index in [0.717, 1.165) is 16.5 Å². The van der Waals surface area contributed by atoms with Crippen molar-refractivity contribution < 1.29 is 4.39 Å². The Bertz CT molecular complexity index is 1270. The molecule has 0 heterocycles. The first kappa shape index (κ1) is 22.8. The van der Waals surface area contributed by atoms with Crippen LogP contribution in [0.15, 0.2) is 78.9 Å². The summed E-state index contributed by atoms with van der Waals surface area (Å²) in [6.45, 7) is 4.04. The Balaban J connectivity index is 1.40. The van der Waals surface area contributed by atoms with E-state index in [0.29, 0.717) is 10.9 Å². The van der Waals surface area contributed by atoms with Gasteiger partial charge in [0.1, 0.15) is 5.82 Å². The lowest BCUT2D eigenvalue weighted by Gasteiger charge is -2.05. The number of unbranched alkanes of at least 4 members (excludes halogenated alkanes) is 4. The number of benzene rings is 4. The molecule has 0 nitrogen and oxygen atoms in total. The van der Waals surface area contributed by atoms with E-state index >= 15 is 0 Å². The molecule has 0 aliphatic heterocycles. The molecule has 4 aromatic rings. The smallest absolute Gasteiger partial charge is 0.133 e. The molecule has 0 unspecified atom stereocenters. The minimum absolute atomic E-state index is 0.150. The molecular formula is C32H31F. The fourth-order valence-electron chi connectivity index (χ4n) is 4.17. The Kier molecular flexibility index (Phi) is 7.59. The zero-order valence-corrected chi connectivity index (χ0v) is 19.6. The molecule has 1 heteroatoms. The third-order valence-corrected chi connectivity index (χ3v) is 6.24. The molecule has 0 fully saturated rings. The van der Waals surface area contributed by atoms with Crippen LogP contribution in [0.4, 0.5) is 4.39 Å². The SMILES string of the molecule is CCCCCCCc1ccc(-c2ccc(C#Cc3ccc4c(F)c(C)ccc4c3)cc2)cc1. The number of rotatable bonds is 7. The summed E-state index contributed by atoms with van der Waals surface area (Å²) in [5.74, 6) is 6.30. The van der Waals surface area contributed by atoms with Gasteiger partial charge in [0.2, 0.25) is 0 Å². The molecule has 0 aliphatic carbocycles. The summed E-state index contributed by atoms with van der Waals surface area (Å²) < 4.78 is 14.2. The van der Waals surface area contributed by atoms with Crippen LogP contribution < -0.4 is 0 Å². The quantitative estimate of drug-likeness (QED) is 0.201. The van der Waals surface area contributed by atoms with Gasteiger partial charge in [0, 0.05) is 16.5 Å². The first-order valence-corrected chi connectivity index (χ1v) is 12.0. The van der Waals surface area contributed by atoms with Gasteiger partial charge in [-0.2, -0.15) is 0 Å². The molecule has 0 saturated heterocycles. The highest BCUT2D eigenvalue weighted by molar-refractivity contribution is 5.85. The highest BCUT2D eigenvalue weighted by Gasteiger charge is 2.04. The van der Waals surface area contributed by atoms with Crippen LogP contribution in [0, 0.1) is 24.6 Å². The van der Waals surface area contributed by atoms with E-state index in [1.54, 1.807) is 6.92 Å². The Morgan fingerprint density at radius 1 is 0.667 bits per heavy atom. The van der Waals surface area contributed by atoms with Crippen molar-refractivity contribution in [2.24, 2.45) is 0 Å². The van der Waals surface area contributed by atoms with Crippen LogP contribution in [0.1, 0.15) is 61.3 Å². The summed E-state index contributed by atoms with van der Waals surface area (Å²) in [5, 5.41) is 1.53. The molecule has 4 aromatic carbocycles. The molecule has 0 N–H and O–H groups in total. The third-order valence-electron chi connectivity index (χ3n) is 6.24. The van der Waals surface area contributed by atoms with Gasteiger partial charge in [-0.25, -0.2) is 4.39 Å². The van der Waals surface area contributed by atoms with Gasteiger partial charge in [0.15, 0.2) is 0 Å². The highest BCUT2D eigenvalue weighted by Crippen LogP contribution is 2.23. The summed E-state index contributed by atoms with van der Waals surface area (Å²) in [6.07, 6.45) is 7.76. The van der Waals surface area contributed by atoms with E-state index in [2.05, 4.69) is 67.3 Å². The zero-order valence-electron chi connectivity index (χ0n) is 19.6. The maximum absolute atomic E-state index is 14.2. The first-order valence-electron chi connectivity index (χ1n) is 12.0. The van der Waals surface area contributed by atoms with Crippen molar-refractivity contribution in [1.82, 2.24) is 0 Å². The van der Waals surface area contributed by atoms with Crippen LogP contribution in [0.25, 0.3) is 21.9 Å². The summed E-state index contributed by atoms with van der Waals surface area (Å²) in [6, 6.07) is 26.8. The summed E-state index contributed by atoms with van der Waals surface area (Å²) in [7, 11) is 0. The molecule has 0 aromatic heterocycles. The summed E-state index contributed by atoms with van der Waals surface area (Å²) >= 11 is 0. The number of hydrogen-bond donors (Lipinski definition) is 0. The topological polar surface area (TPSA) is 0 Å². The van der Waals surface area contributed by atoms with Crippen molar-refractivity contribution in [3.8, 4) is 23.0 Å². The minimum Gasteiger partial charge on any atom is -0.206 e. The molecule has 0 spiro atoms. The summed E-state index contributed by atoms with van der Waals surface area (Å²) in [4.78, 5) is 0. The number of fused-ring (bicyclic) bond motifs is 1. The summed E-state index contributed by atoms with van der Waals surface area (Å²) in [5.41, 5.74) is 6.38. The normalized spacial score (nSPS) is 10.8. The zero-order chi connectivity index (χ0) is 23.0. The molecule has 166 valence electrons. The molecular weight excluding hydrogens is 403 g/mol. The molecule has 0 amide bonds. The Morgan fingerprint density at radius 2 is 1.30 bits per heavy atom. The van der Waals surface area contributed by atoms with Crippen molar-refractivity contribution in [3.05, 3.63) is 107 Å². The lowest BCUT2D eigenvalue weighted by Crippen LogP contribution is -1.87. The second-order valence-electron chi connectivity index (χ2n) is 8.82. The maximum Gasteiger partial charge on any atom is 0.133 e. The van der Waals surface area contributed by atoms with Crippen molar-refractivity contribution >= 4 is 10.8 Å². The lowest BCUT2D eigenvalue weighted by molar-refractivity contribution is 0.631. The van der Waals surface area contributed by atoms with Crippen LogP contribution in [-0.4, -0.2) is 0 Å². The van der Waals surface area contributed by atoms with E-state index in [1.165, 1.54) is 55.2 Å². The van der Waals surface area contributed by atoms with Gasteiger partial charge in [-0.3, -0.25) is 0 Å². The number of aryl methyl sites for hydroxylation is 2. The van der Waals surface area contributed by atoms with Gasteiger partial charge < -0.3 is 0 Å². The molecule has 4 rings (SSSR count). The lowest BCUT2D eigenvalue weighted by atomic mass is 10.00. The van der Waals surface area contributed by atoms with Crippen molar-refractivity contribution in [3.63, 3.8) is 0 Å². The van der Waals surface area contributed by atoms with Crippen LogP contribution in [0.2, 0.25) is 0 Å². The predicted molar refractivity (Wildman–Crippen MR) is 139 cm³/mol. The van der Waals surface area contributed by atoms with Crippen LogP contribution in [0.5, 0.6) is 0 Å². The Labute approximate surface area is 197 Å². The predicted octanol–water partition coefficient (Wildman–Crippen LogP) is 8.87. The van der Waals surface area contributed by atoms with Gasteiger partial charge in [-0.05, 0) is 71.7 Å². The Hall–Kier alpha value is -3.37. The number of halogens is 1. The Morgan fingerprint density at radius 3 is 2.03 bits per heavy atom. The average molecular weight is 435 g/mol.